The van der Waals surface area contributed by atoms with E-state index in [1.807, 2.05) is 16.8 Å². The highest BCUT2D eigenvalue weighted by atomic mass is 32.2. The van der Waals surface area contributed by atoms with Crippen molar-refractivity contribution in [2.24, 2.45) is 5.92 Å². The predicted molar refractivity (Wildman–Crippen MR) is 120 cm³/mol. The van der Waals surface area contributed by atoms with Gasteiger partial charge in [0.2, 0.25) is 5.91 Å². The molecule has 150 valence electrons. The first-order chi connectivity index (χ1) is 13.4. The van der Waals surface area contributed by atoms with Crippen LogP contribution in [0.25, 0.3) is 10.2 Å². The fourth-order valence-corrected chi connectivity index (χ4v) is 5.52. The summed E-state index contributed by atoms with van der Waals surface area (Å²) in [6.07, 6.45) is 1.97. The number of thiophene rings is 2. The van der Waals surface area contributed by atoms with Crippen LogP contribution in [0.3, 0.4) is 0 Å². The monoisotopic (exact) mass is 435 g/mol. The minimum atomic E-state index is -0.103. The maximum absolute atomic E-state index is 12.7. The Morgan fingerprint density at radius 3 is 2.89 bits per heavy atom. The molecule has 5 nitrogen and oxygen atoms in total. The number of rotatable bonds is 8. The first kappa shape index (κ1) is 21.1. The number of carbonyl (C=O) groups is 1. The number of amides is 1. The molecule has 0 aliphatic heterocycles. The molecule has 0 aromatic carbocycles. The second-order valence-electron chi connectivity index (χ2n) is 7.08. The maximum Gasteiger partial charge on any atom is 0.260 e. The second kappa shape index (κ2) is 9.24. The van der Waals surface area contributed by atoms with Crippen molar-refractivity contribution in [2.75, 3.05) is 12.8 Å². The van der Waals surface area contributed by atoms with Gasteiger partial charge in [0.05, 0.1) is 11.1 Å². The van der Waals surface area contributed by atoms with E-state index < -0.39 is 0 Å². The molecule has 8 heteroatoms. The molecule has 0 radical (unpaired) electrons. The van der Waals surface area contributed by atoms with E-state index in [1.165, 1.54) is 11.8 Å². The van der Waals surface area contributed by atoms with Crippen LogP contribution in [0.2, 0.25) is 0 Å². The summed E-state index contributed by atoms with van der Waals surface area (Å²) in [4.78, 5) is 36.2. The lowest BCUT2D eigenvalue weighted by Gasteiger charge is -2.15. The molecule has 3 rings (SSSR count). The van der Waals surface area contributed by atoms with Crippen molar-refractivity contribution < 1.29 is 4.79 Å². The molecule has 0 spiro atoms. The highest BCUT2D eigenvalue weighted by molar-refractivity contribution is 7.99. The average molecular weight is 436 g/mol. The number of H-pyrrole nitrogens is 1. The summed E-state index contributed by atoms with van der Waals surface area (Å²) in [5.41, 5.74) is 2.14. The van der Waals surface area contributed by atoms with E-state index in [-0.39, 0.29) is 17.2 Å². The highest BCUT2D eigenvalue weighted by Gasteiger charge is 2.18. The lowest BCUT2D eigenvalue weighted by Crippen LogP contribution is -2.27. The van der Waals surface area contributed by atoms with Crippen LogP contribution < -0.4 is 5.56 Å². The first-order valence-corrected chi connectivity index (χ1v) is 12.0. The SMILES string of the molecule is CCC(C)Cc1c(C)sc2nc(SCC(=O)N(C)Cc3ccsc3)[nH]c(=O)c12. The van der Waals surface area contributed by atoms with E-state index in [2.05, 4.69) is 30.7 Å². The van der Waals surface area contributed by atoms with E-state index >= 15 is 0 Å². The van der Waals surface area contributed by atoms with Gasteiger partial charge in [0.1, 0.15) is 4.83 Å². The third kappa shape index (κ3) is 4.85. The van der Waals surface area contributed by atoms with Gasteiger partial charge >= 0.3 is 0 Å². The third-order valence-electron chi connectivity index (χ3n) is 4.85. The van der Waals surface area contributed by atoms with Gasteiger partial charge in [-0.25, -0.2) is 4.98 Å². The molecule has 0 aliphatic rings. The number of hydrogen-bond donors (Lipinski definition) is 1. The number of hydrogen-bond acceptors (Lipinski definition) is 6. The first-order valence-electron chi connectivity index (χ1n) is 9.29. The van der Waals surface area contributed by atoms with Gasteiger partial charge in [-0.3, -0.25) is 9.59 Å². The summed E-state index contributed by atoms with van der Waals surface area (Å²) in [5.74, 6) is 0.791. The number of fused-ring (bicyclic) bond motifs is 1. The topological polar surface area (TPSA) is 66.1 Å². The Morgan fingerprint density at radius 1 is 1.43 bits per heavy atom. The van der Waals surface area contributed by atoms with Crippen molar-refractivity contribution in [3.8, 4) is 0 Å². The molecule has 1 N–H and O–H groups in total. The Bertz CT molecular complexity index is 1010. The van der Waals surface area contributed by atoms with Crippen LogP contribution >= 0.6 is 34.4 Å². The molecule has 3 heterocycles. The van der Waals surface area contributed by atoms with Crippen molar-refractivity contribution in [3.63, 3.8) is 0 Å². The van der Waals surface area contributed by atoms with Crippen molar-refractivity contribution in [3.05, 3.63) is 43.2 Å². The standard InChI is InChI=1S/C20H25N3O2S3/c1-5-12(2)8-15-13(3)28-19-17(15)18(25)21-20(22-19)27-11-16(24)23(4)9-14-6-7-26-10-14/h6-7,10,12H,5,8-9,11H2,1-4H3,(H,21,22,25). The van der Waals surface area contributed by atoms with Crippen molar-refractivity contribution in [1.29, 1.82) is 0 Å². The normalized spacial score (nSPS) is 12.4. The van der Waals surface area contributed by atoms with Gasteiger partial charge in [-0.15, -0.1) is 11.3 Å². The minimum absolute atomic E-state index is 0.0127. The predicted octanol–water partition coefficient (Wildman–Crippen LogP) is 4.69. The van der Waals surface area contributed by atoms with Gasteiger partial charge in [0.15, 0.2) is 5.16 Å². The van der Waals surface area contributed by atoms with Crippen LogP contribution in [0.4, 0.5) is 0 Å². The zero-order valence-corrected chi connectivity index (χ0v) is 19.0. The fraction of sp³-hybridized carbons (Fsp3) is 0.450. The van der Waals surface area contributed by atoms with Gasteiger partial charge in [0, 0.05) is 18.5 Å². The molecule has 1 amide bonds. The lowest BCUT2D eigenvalue weighted by atomic mass is 9.98. The molecule has 0 aliphatic carbocycles. The van der Waals surface area contributed by atoms with Crippen molar-refractivity contribution >= 4 is 50.6 Å². The third-order valence-corrected chi connectivity index (χ3v) is 7.48. The summed E-state index contributed by atoms with van der Waals surface area (Å²) in [6, 6.07) is 2.02. The molecule has 3 aromatic heterocycles. The van der Waals surface area contributed by atoms with Crippen LogP contribution in [0.1, 0.15) is 36.3 Å². The van der Waals surface area contributed by atoms with Gasteiger partial charge in [-0.2, -0.15) is 11.3 Å². The molecule has 0 fully saturated rings. The van der Waals surface area contributed by atoms with Crippen LogP contribution in [0.5, 0.6) is 0 Å². The number of nitrogens with zero attached hydrogens (tertiary/aromatic N) is 2. The van der Waals surface area contributed by atoms with E-state index in [4.69, 9.17) is 0 Å². The summed E-state index contributed by atoms with van der Waals surface area (Å²) in [6.45, 7) is 7.01. The summed E-state index contributed by atoms with van der Waals surface area (Å²) in [7, 11) is 1.80. The maximum atomic E-state index is 12.7. The van der Waals surface area contributed by atoms with E-state index in [1.54, 1.807) is 34.6 Å². The Balaban J connectivity index is 1.72. The number of aromatic nitrogens is 2. The zero-order chi connectivity index (χ0) is 20.3. The molecule has 0 bridgehead atoms. The smallest absolute Gasteiger partial charge is 0.260 e. The second-order valence-corrected chi connectivity index (χ2v) is 10.0. The lowest BCUT2D eigenvalue weighted by molar-refractivity contribution is -0.127. The Labute approximate surface area is 177 Å². The van der Waals surface area contributed by atoms with Gasteiger partial charge < -0.3 is 9.88 Å². The quantitative estimate of drug-likeness (QED) is 0.412. The number of aromatic amines is 1. The zero-order valence-electron chi connectivity index (χ0n) is 16.6. The number of aryl methyl sites for hydroxylation is 1. The molecule has 28 heavy (non-hydrogen) atoms. The molecule has 1 atom stereocenters. The van der Waals surface area contributed by atoms with Crippen LogP contribution in [0, 0.1) is 12.8 Å². The van der Waals surface area contributed by atoms with E-state index in [0.29, 0.717) is 23.0 Å². The van der Waals surface area contributed by atoms with Gasteiger partial charge in [0.25, 0.3) is 5.56 Å². The van der Waals surface area contributed by atoms with Gasteiger partial charge in [-0.1, -0.05) is 32.0 Å². The summed E-state index contributed by atoms with van der Waals surface area (Å²) >= 11 is 4.47. The van der Waals surface area contributed by atoms with E-state index in [0.717, 1.165) is 33.7 Å². The summed E-state index contributed by atoms with van der Waals surface area (Å²) < 4.78 is 0. The van der Waals surface area contributed by atoms with E-state index in [9.17, 15) is 9.59 Å². The number of thioether (sulfide) groups is 1. The minimum Gasteiger partial charge on any atom is -0.341 e. The van der Waals surface area contributed by atoms with Gasteiger partial charge in [-0.05, 0) is 47.2 Å². The van der Waals surface area contributed by atoms with Crippen LogP contribution in [0.15, 0.2) is 26.8 Å². The fourth-order valence-electron chi connectivity index (χ4n) is 2.95. The number of carbonyl (C=O) groups excluding carboxylic acids is 1. The molecule has 1 unspecified atom stereocenters. The highest BCUT2D eigenvalue weighted by Crippen LogP contribution is 2.30. The molecule has 0 saturated carbocycles. The van der Waals surface area contributed by atoms with Crippen LogP contribution in [-0.2, 0) is 17.8 Å². The Morgan fingerprint density at radius 2 is 2.21 bits per heavy atom. The molecule has 3 aromatic rings. The Kier molecular flexibility index (Phi) is 6.95. The molecular weight excluding hydrogens is 410 g/mol. The molecule has 0 saturated heterocycles. The van der Waals surface area contributed by atoms with Crippen LogP contribution in [-0.4, -0.2) is 33.6 Å². The molecular formula is C20H25N3O2S3. The summed E-state index contributed by atoms with van der Waals surface area (Å²) in [5, 5.41) is 5.27. The Hall–Kier alpha value is -1.64. The van der Waals surface area contributed by atoms with Crippen molar-refractivity contribution in [1.82, 2.24) is 14.9 Å². The largest absolute Gasteiger partial charge is 0.341 e. The number of nitrogens with one attached hydrogen (secondary N) is 1. The van der Waals surface area contributed by atoms with Crippen molar-refractivity contribution in [2.45, 2.75) is 45.3 Å². The average Bonchev–Trinajstić information content (AvgIpc) is 3.27.